The zero-order valence-corrected chi connectivity index (χ0v) is 20.5. The third-order valence-corrected chi connectivity index (χ3v) is 6.06. The number of carbonyl (C=O) groups excluding carboxylic acids is 1. The van der Waals surface area contributed by atoms with Crippen molar-refractivity contribution in [3.8, 4) is 0 Å². The standard InChI is InChI=1S/C25H44F4O4/c1-3-4-5-6-7-8-9-10-11-12-23(30)33-22(25(28,29)20-24(2,26)27)19-32-18-15-21-13-16-31-17-14-21/h21-22H,3-20H2,1-2H3. The van der Waals surface area contributed by atoms with Gasteiger partial charge in [-0.3, -0.25) is 4.79 Å². The van der Waals surface area contributed by atoms with Gasteiger partial charge in [-0.25, -0.2) is 17.6 Å². The number of esters is 1. The van der Waals surface area contributed by atoms with E-state index in [1.807, 2.05) is 0 Å². The van der Waals surface area contributed by atoms with E-state index in [0.29, 0.717) is 38.9 Å². The summed E-state index contributed by atoms with van der Waals surface area (Å²) in [7, 11) is 0. The number of carbonyl (C=O) groups is 1. The number of unbranched alkanes of at least 4 members (excludes halogenated alkanes) is 8. The maximum Gasteiger partial charge on any atom is 0.306 e. The van der Waals surface area contributed by atoms with Gasteiger partial charge in [0, 0.05) is 26.2 Å². The summed E-state index contributed by atoms with van der Waals surface area (Å²) in [5.41, 5.74) is 0. The van der Waals surface area contributed by atoms with Crippen LogP contribution in [-0.4, -0.2) is 50.3 Å². The summed E-state index contributed by atoms with van der Waals surface area (Å²) in [5, 5.41) is 0. The molecule has 1 heterocycles. The zero-order valence-electron chi connectivity index (χ0n) is 20.5. The Morgan fingerprint density at radius 3 is 2.12 bits per heavy atom. The fourth-order valence-corrected chi connectivity index (χ4v) is 4.04. The van der Waals surface area contributed by atoms with Gasteiger partial charge in [0.1, 0.15) is 0 Å². The highest BCUT2D eigenvalue weighted by molar-refractivity contribution is 5.69. The Morgan fingerprint density at radius 1 is 0.970 bits per heavy atom. The minimum absolute atomic E-state index is 0.00695. The van der Waals surface area contributed by atoms with Crippen LogP contribution in [-0.2, 0) is 19.0 Å². The second-order valence-electron chi connectivity index (χ2n) is 9.48. The van der Waals surface area contributed by atoms with Crippen LogP contribution in [0.2, 0.25) is 0 Å². The Labute approximate surface area is 197 Å². The lowest BCUT2D eigenvalue weighted by Gasteiger charge is -2.29. The minimum atomic E-state index is -3.87. The molecule has 0 bridgehead atoms. The topological polar surface area (TPSA) is 44.8 Å². The van der Waals surface area contributed by atoms with Crippen LogP contribution in [0.4, 0.5) is 17.6 Å². The minimum Gasteiger partial charge on any atom is -0.453 e. The van der Waals surface area contributed by atoms with Crippen molar-refractivity contribution in [3.63, 3.8) is 0 Å². The van der Waals surface area contributed by atoms with Crippen LogP contribution in [0, 0.1) is 5.92 Å². The third kappa shape index (κ3) is 15.6. The molecular formula is C25H44F4O4. The van der Waals surface area contributed by atoms with Crippen LogP contribution >= 0.6 is 0 Å². The smallest absolute Gasteiger partial charge is 0.306 e. The number of rotatable bonds is 19. The summed E-state index contributed by atoms with van der Waals surface area (Å²) < 4.78 is 71.2. The SMILES string of the molecule is CCCCCCCCCCCC(=O)OC(COCCC1CCOCC1)C(F)(F)CC(C)(F)F. The fourth-order valence-electron chi connectivity index (χ4n) is 4.04. The summed E-state index contributed by atoms with van der Waals surface area (Å²) in [6, 6.07) is 0. The third-order valence-electron chi connectivity index (χ3n) is 6.06. The first-order valence-electron chi connectivity index (χ1n) is 12.7. The molecule has 196 valence electrons. The number of alkyl halides is 4. The van der Waals surface area contributed by atoms with Crippen LogP contribution < -0.4 is 0 Å². The number of halogens is 4. The second kappa shape index (κ2) is 16.7. The maximum atomic E-state index is 14.5. The Kier molecular flexibility index (Phi) is 15.2. The van der Waals surface area contributed by atoms with Crippen molar-refractivity contribution in [3.05, 3.63) is 0 Å². The average Bonchev–Trinajstić information content (AvgIpc) is 2.73. The van der Waals surface area contributed by atoms with Crippen molar-refractivity contribution in [2.24, 2.45) is 5.92 Å². The monoisotopic (exact) mass is 484 g/mol. The molecule has 0 saturated carbocycles. The molecule has 1 unspecified atom stereocenters. The second-order valence-corrected chi connectivity index (χ2v) is 9.48. The largest absolute Gasteiger partial charge is 0.453 e. The molecule has 1 saturated heterocycles. The van der Waals surface area contributed by atoms with Crippen LogP contribution in [0.25, 0.3) is 0 Å². The van der Waals surface area contributed by atoms with Crippen molar-refractivity contribution in [1.82, 2.24) is 0 Å². The molecule has 0 radical (unpaired) electrons. The van der Waals surface area contributed by atoms with E-state index >= 15 is 0 Å². The van der Waals surface area contributed by atoms with Crippen molar-refractivity contribution in [2.75, 3.05) is 26.4 Å². The molecular weight excluding hydrogens is 440 g/mol. The van der Waals surface area contributed by atoms with Gasteiger partial charge in [0.15, 0.2) is 6.10 Å². The molecule has 1 rings (SSSR count). The first kappa shape index (κ1) is 30.1. The Morgan fingerprint density at radius 2 is 1.55 bits per heavy atom. The van der Waals surface area contributed by atoms with E-state index in [9.17, 15) is 22.4 Å². The van der Waals surface area contributed by atoms with Crippen LogP contribution in [0.5, 0.6) is 0 Å². The summed E-state index contributed by atoms with van der Waals surface area (Å²) in [6.07, 6.45) is 8.28. The molecule has 0 aromatic carbocycles. The van der Waals surface area contributed by atoms with E-state index in [2.05, 4.69) is 6.92 Å². The van der Waals surface area contributed by atoms with E-state index in [1.165, 1.54) is 25.7 Å². The Hall–Kier alpha value is -0.890. The number of hydrogen-bond donors (Lipinski definition) is 0. The number of ether oxygens (including phenoxy) is 3. The van der Waals surface area contributed by atoms with E-state index in [-0.39, 0.29) is 13.0 Å². The van der Waals surface area contributed by atoms with Crippen molar-refractivity contribution < 1.29 is 36.6 Å². The molecule has 33 heavy (non-hydrogen) atoms. The highest BCUT2D eigenvalue weighted by Gasteiger charge is 2.48. The summed E-state index contributed by atoms with van der Waals surface area (Å²) >= 11 is 0. The van der Waals surface area contributed by atoms with Gasteiger partial charge in [0.25, 0.3) is 11.8 Å². The average molecular weight is 485 g/mol. The summed E-state index contributed by atoms with van der Waals surface area (Å²) in [5.74, 6) is -7.83. The molecule has 0 aromatic heterocycles. The molecule has 0 N–H and O–H groups in total. The van der Waals surface area contributed by atoms with E-state index in [1.54, 1.807) is 0 Å². The summed E-state index contributed by atoms with van der Waals surface area (Å²) in [4.78, 5) is 12.1. The maximum absolute atomic E-state index is 14.5. The Bertz CT molecular complexity index is 505. The predicted molar refractivity (Wildman–Crippen MR) is 121 cm³/mol. The van der Waals surface area contributed by atoms with E-state index in [4.69, 9.17) is 14.2 Å². The lowest BCUT2D eigenvalue weighted by atomic mass is 9.97. The normalized spacial score (nSPS) is 16.7. The van der Waals surface area contributed by atoms with E-state index < -0.39 is 36.9 Å². The first-order valence-corrected chi connectivity index (χ1v) is 12.7. The van der Waals surface area contributed by atoms with Gasteiger partial charge in [-0.05, 0) is 38.5 Å². The molecule has 1 atom stereocenters. The van der Waals surface area contributed by atoms with Gasteiger partial charge < -0.3 is 14.2 Å². The van der Waals surface area contributed by atoms with Gasteiger partial charge in [0.05, 0.1) is 13.0 Å². The fraction of sp³-hybridized carbons (Fsp3) is 0.960. The molecule has 0 spiro atoms. The molecule has 1 fully saturated rings. The number of hydrogen-bond acceptors (Lipinski definition) is 4. The van der Waals surface area contributed by atoms with Crippen molar-refractivity contribution in [1.29, 1.82) is 0 Å². The lowest BCUT2D eigenvalue weighted by Crippen LogP contribution is -2.44. The quantitative estimate of drug-likeness (QED) is 0.109. The van der Waals surface area contributed by atoms with Crippen LogP contribution in [0.3, 0.4) is 0 Å². The van der Waals surface area contributed by atoms with Crippen molar-refractivity contribution in [2.45, 2.75) is 122 Å². The molecule has 1 aliphatic rings. The highest BCUT2D eigenvalue weighted by Crippen LogP contribution is 2.34. The van der Waals surface area contributed by atoms with Gasteiger partial charge >= 0.3 is 5.97 Å². The van der Waals surface area contributed by atoms with Gasteiger partial charge in [0.2, 0.25) is 0 Å². The van der Waals surface area contributed by atoms with Gasteiger partial charge in [-0.1, -0.05) is 58.3 Å². The molecule has 4 nitrogen and oxygen atoms in total. The van der Waals surface area contributed by atoms with E-state index in [0.717, 1.165) is 38.5 Å². The van der Waals surface area contributed by atoms with Crippen molar-refractivity contribution >= 4 is 5.97 Å². The lowest BCUT2D eigenvalue weighted by molar-refractivity contribution is -0.201. The van der Waals surface area contributed by atoms with Gasteiger partial charge in [-0.15, -0.1) is 0 Å². The molecule has 0 aromatic rings. The molecule has 8 heteroatoms. The molecule has 0 aliphatic carbocycles. The predicted octanol–water partition coefficient (Wildman–Crippen LogP) is 7.33. The van der Waals surface area contributed by atoms with Crippen LogP contribution in [0.15, 0.2) is 0 Å². The Balaban J connectivity index is 2.38. The van der Waals surface area contributed by atoms with Gasteiger partial charge in [-0.2, -0.15) is 0 Å². The van der Waals surface area contributed by atoms with Crippen LogP contribution in [0.1, 0.15) is 104 Å². The highest BCUT2D eigenvalue weighted by atomic mass is 19.3. The molecule has 0 amide bonds. The molecule has 1 aliphatic heterocycles. The zero-order chi connectivity index (χ0) is 24.6. The first-order chi connectivity index (χ1) is 15.6. The summed E-state index contributed by atoms with van der Waals surface area (Å²) in [6.45, 7) is 3.59.